The normalized spacial score (nSPS) is 20.3. The number of oxazole rings is 1. The minimum Gasteiger partial charge on any atom is -0.406 e. The van der Waals surface area contributed by atoms with Gasteiger partial charge in [0, 0.05) is 18.8 Å². The Morgan fingerprint density at radius 1 is 1.50 bits per heavy atom. The quantitative estimate of drug-likeness (QED) is 0.893. The Hall–Kier alpha value is -1.62. The van der Waals surface area contributed by atoms with Crippen LogP contribution in [-0.2, 0) is 6.54 Å². The number of pyridine rings is 1. The molecule has 1 aliphatic rings. The second-order valence-corrected chi connectivity index (χ2v) is 4.78. The van der Waals surface area contributed by atoms with Crippen LogP contribution in [0.25, 0.3) is 11.2 Å². The first-order valence-electron chi connectivity index (χ1n) is 6.52. The van der Waals surface area contributed by atoms with Crippen molar-refractivity contribution in [3.63, 3.8) is 0 Å². The summed E-state index contributed by atoms with van der Waals surface area (Å²) in [5.41, 5.74) is 1.22. The summed E-state index contributed by atoms with van der Waals surface area (Å²) in [7, 11) is 0. The Labute approximate surface area is 105 Å². The van der Waals surface area contributed by atoms with Crippen LogP contribution in [0.3, 0.4) is 0 Å². The SMILES string of the molecule is O=c1oc2cccnc2n1CCC1CCCCN1. The molecule has 5 heteroatoms. The fourth-order valence-electron chi connectivity index (χ4n) is 2.55. The third kappa shape index (κ3) is 2.18. The average molecular weight is 247 g/mol. The zero-order chi connectivity index (χ0) is 12.4. The van der Waals surface area contributed by atoms with E-state index in [2.05, 4.69) is 10.3 Å². The molecule has 1 aliphatic heterocycles. The van der Waals surface area contributed by atoms with Gasteiger partial charge in [0.2, 0.25) is 0 Å². The molecule has 0 radical (unpaired) electrons. The van der Waals surface area contributed by atoms with Gasteiger partial charge in [-0.05, 0) is 37.9 Å². The molecule has 0 spiro atoms. The average Bonchev–Trinajstić information content (AvgIpc) is 2.73. The number of aryl methyl sites for hydroxylation is 1. The predicted octanol–water partition coefficient (Wildman–Crippen LogP) is 1.52. The van der Waals surface area contributed by atoms with Gasteiger partial charge in [0.1, 0.15) is 0 Å². The highest BCUT2D eigenvalue weighted by atomic mass is 16.4. The fraction of sp³-hybridized carbons (Fsp3) is 0.538. The lowest BCUT2D eigenvalue weighted by Gasteiger charge is -2.23. The maximum atomic E-state index is 11.7. The second-order valence-electron chi connectivity index (χ2n) is 4.78. The van der Waals surface area contributed by atoms with E-state index >= 15 is 0 Å². The Bertz CT molecular complexity index is 581. The number of nitrogens with one attached hydrogen (secondary N) is 1. The number of aromatic nitrogens is 2. The number of rotatable bonds is 3. The van der Waals surface area contributed by atoms with Gasteiger partial charge in [-0.2, -0.15) is 0 Å². The van der Waals surface area contributed by atoms with Crippen LogP contribution >= 0.6 is 0 Å². The van der Waals surface area contributed by atoms with Crippen molar-refractivity contribution in [3.8, 4) is 0 Å². The van der Waals surface area contributed by atoms with Crippen LogP contribution in [0.5, 0.6) is 0 Å². The standard InChI is InChI=1S/C13H17N3O2/c17-13-16(9-6-10-4-1-2-7-14-10)12-11(18-13)5-3-8-15-12/h3,5,8,10,14H,1-2,4,6-7,9H2. The molecule has 0 saturated carbocycles. The van der Waals surface area contributed by atoms with Crippen LogP contribution in [0.1, 0.15) is 25.7 Å². The number of hydrogen-bond donors (Lipinski definition) is 1. The van der Waals surface area contributed by atoms with Crippen LogP contribution in [-0.4, -0.2) is 22.1 Å². The van der Waals surface area contributed by atoms with Crippen molar-refractivity contribution in [1.29, 1.82) is 0 Å². The maximum Gasteiger partial charge on any atom is 0.421 e. The predicted molar refractivity (Wildman–Crippen MR) is 68.5 cm³/mol. The zero-order valence-electron chi connectivity index (χ0n) is 10.3. The molecule has 0 bridgehead atoms. The van der Waals surface area contributed by atoms with E-state index in [1.165, 1.54) is 19.3 Å². The lowest BCUT2D eigenvalue weighted by molar-refractivity contribution is 0.361. The van der Waals surface area contributed by atoms with E-state index in [9.17, 15) is 4.79 Å². The van der Waals surface area contributed by atoms with Crippen LogP contribution in [0, 0.1) is 0 Å². The molecule has 2 aromatic rings. The summed E-state index contributed by atoms with van der Waals surface area (Å²) in [5, 5.41) is 3.48. The molecule has 3 heterocycles. The first-order chi connectivity index (χ1) is 8.84. The first-order valence-corrected chi connectivity index (χ1v) is 6.52. The molecule has 1 N–H and O–H groups in total. The first kappa shape index (κ1) is 11.5. The number of fused-ring (bicyclic) bond motifs is 1. The highest BCUT2D eigenvalue weighted by Gasteiger charge is 2.15. The van der Waals surface area contributed by atoms with E-state index in [1.807, 2.05) is 0 Å². The summed E-state index contributed by atoms with van der Waals surface area (Å²) in [6.07, 6.45) is 6.36. The van der Waals surface area contributed by atoms with E-state index in [0.29, 0.717) is 23.8 Å². The highest BCUT2D eigenvalue weighted by Crippen LogP contribution is 2.13. The van der Waals surface area contributed by atoms with Gasteiger partial charge >= 0.3 is 5.76 Å². The van der Waals surface area contributed by atoms with Crippen LogP contribution in [0.15, 0.2) is 27.5 Å². The summed E-state index contributed by atoms with van der Waals surface area (Å²) in [5.74, 6) is -0.306. The van der Waals surface area contributed by atoms with Crippen LogP contribution < -0.4 is 11.1 Å². The summed E-state index contributed by atoms with van der Waals surface area (Å²) < 4.78 is 6.79. The van der Waals surface area contributed by atoms with Crippen molar-refractivity contribution in [2.75, 3.05) is 6.54 Å². The van der Waals surface area contributed by atoms with Gasteiger partial charge < -0.3 is 9.73 Å². The van der Waals surface area contributed by atoms with Crippen LogP contribution in [0.2, 0.25) is 0 Å². The summed E-state index contributed by atoms with van der Waals surface area (Å²) in [6.45, 7) is 1.75. The molecule has 3 rings (SSSR count). The minimum atomic E-state index is -0.306. The van der Waals surface area contributed by atoms with Gasteiger partial charge in [0.15, 0.2) is 11.2 Å². The molecule has 18 heavy (non-hydrogen) atoms. The van der Waals surface area contributed by atoms with E-state index in [4.69, 9.17) is 4.42 Å². The maximum absolute atomic E-state index is 11.7. The molecule has 2 aromatic heterocycles. The van der Waals surface area contributed by atoms with Crippen molar-refractivity contribution in [1.82, 2.24) is 14.9 Å². The Morgan fingerprint density at radius 3 is 3.28 bits per heavy atom. The van der Waals surface area contributed by atoms with E-state index < -0.39 is 0 Å². The minimum absolute atomic E-state index is 0.306. The summed E-state index contributed by atoms with van der Waals surface area (Å²) in [4.78, 5) is 16.0. The molecule has 96 valence electrons. The topological polar surface area (TPSA) is 60.1 Å². The third-order valence-corrected chi connectivity index (χ3v) is 3.54. The molecule has 0 amide bonds. The van der Waals surface area contributed by atoms with E-state index in [-0.39, 0.29) is 5.76 Å². The van der Waals surface area contributed by atoms with Crippen LogP contribution in [0.4, 0.5) is 0 Å². The molecular weight excluding hydrogens is 230 g/mol. The lowest BCUT2D eigenvalue weighted by atomic mass is 10.0. The molecule has 0 aliphatic carbocycles. The molecule has 1 atom stereocenters. The molecule has 0 aromatic carbocycles. The van der Waals surface area contributed by atoms with Gasteiger partial charge in [-0.25, -0.2) is 9.78 Å². The smallest absolute Gasteiger partial charge is 0.406 e. The fourth-order valence-corrected chi connectivity index (χ4v) is 2.55. The van der Waals surface area contributed by atoms with Crippen molar-refractivity contribution in [2.24, 2.45) is 0 Å². The van der Waals surface area contributed by atoms with Gasteiger partial charge in [0.25, 0.3) is 0 Å². The largest absolute Gasteiger partial charge is 0.421 e. The van der Waals surface area contributed by atoms with Crippen molar-refractivity contribution in [3.05, 3.63) is 28.9 Å². The van der Waals surface area contributed by atoms with E-state index in [0.717, 1.165) is 13.0 Å². The number of piperidine rings is 1. The van der Waals surface area contributed by atoms with Crippen molar-refractivity contribution >= 4 is 11.2 Å². The van der Waals surface area contributed by atoms with Crippen molar-refractivity contribution < 1.29 is 4.42 Å². The molecule has 5 nitrogen and oxygen atoms in total. The third-order valence-electron chi connectivity index (χ3n) is 3.54. The Kier molecular flexibility index (Phi) is 3.15. The monoisotopic (exact) mass is 247 g/mol. The second kappa shape index (κ2) is 4.94. The highest BCUT2D eigenvalue weighted by molar-refractivity contribution is 5.67. The summed E-state index contributed by atoms with van der Waals surface area (Å²) in [6, 6.07) is 4.07. The lowest BCUT2D eigenvalue weighted by Crippen LogP contribution is -2.35. The van der Waals surface area contributed by atoms with Gasteiger partial charge in [-0.15, -0.1) is 0 Å². The number of hydrogen-bond acceptors (Lipinski definition) is 4. The molecule has 1 fully saturated rings. The van der Waals surface area contributed by atoms with Gasteiger partial charge in [-0.1, -0.05) is 6.42 Å². The Morgan fingerprint density at radius 2 is 2.44 bits per heavy atom. The van der Waals surface area contributed by atoms with Gasteiger partial charge in [-0.3, -0.25) is 4.57 Å². The zero-order valence-corrected chi connectivity index (χ0v) is 10.3. The molecular formula is C13H17N3O2. The number of nitrogens with zero attached hydrogens (tertiary/aromatic N) is 2. The van der Waals surface area contributed by atoms with Crippen molar-refractivity contribution in [2.45, 2.75) is 38.3 Å². The summed E-state index contributed by atoms with van der Waals surface area (Å²) >= 11 is 0. The molecule has 1 saturated heterocycles. The van der Waals surface area contributed by atoms with E-state index in [1.54, 1.807) is 22.9 Å². The van der Waals surface area contributed by atoms with Gasteiger partial charge in [0.05, 0.1) is 0 Å². The molecule has 1 unspecified atom stereocenters. The Balaban J connectivity index is 1.77.